The number of ether oxygens (including phenoxy) is 1. The quantitative estimate of drug-likeness (QED) is 0.849. The van der Waals surface area contributed by atoms with Crippen LogP contribution < -0.4 is 5.32 Å². The van der Waals surface area contributed by atoms with Crippen molar-refractivity contribution in [2.24, 2.45) is 5.41 Å². The molecule has 0 aromatic rings. The van der Waals surface area contributed by atoms with Crippen LogP contribution in [-0.4, -0.2) is 38.3 Å². The molecule has 1 N–H and O–H groups in total. The van der Waals surface area contributed by atoms with Crippen LogP contribution in [0.25, 0.3) is 0 Å². The van der Waals surface area contributed by atoms with Crippen LogP contribution in [0.5, 0.6) is 0 Å². The summed E-state index contributed by atoms with van der Waals surface area (Å²) in [6.07, 6.45) is 3.19. The van der Waals surface area contributed by atoms with E-state index in [-0.39, 0.29) is 23.1 Å². The van der Waals surface area contributed by atoms with Crippen molar-refractivity contribution in [1.29, 1.82) is 0 Å². The molecule has 4 nitrogen and oxygen atoms in total. The molecule has 2 saturated heterocycles. The van der Waals surface area contributed by atoms with E-state index in [1.165, 1.54) is 0 Å². The van der Waals surface area contributed by atoms with E-state index < -0.39 is 15.6 Å². The van der Waals surface area contributed by atoms with Gasteiger partial charge in [0.1, 0.15) is 5.72 Å². The Bertz CT molecular complexity index is 398. The summed E-state index contributed by atoms with van der Waals surface area (Å²) in [5.41, 5.74) is -0.352. The van der Waals surface area contributed by atoms with Crippen molar-refractivity contribution in [3.05, 3.63) is 0 Å². The Balaban J connectivity index is 0.00000180. The lowest BCUT2D eigenvalue weighted by Gasteiger charge is -2.44. The molecule has 0 aromatic carbocycles. The molecule has 2 aliphatic heterocycles. The molecule has 19 heavy (non-hydrogen) atoms. The lowest BCUT2D eigenvalue weighted by Crippen LogP contribution is -2.57. The highest BCUT2D eigenvalue weighted by atomic mass is 35.5. The SMILES string of the molecule is CC1(C)CNC(C)(CC2CCCCS2(=O)=O)OC1.Cl. The third kappa shape index (κ3) is 4.31. The zero-order valence-electron chi connectivity index (χ0n) is 12.1. The largest absolute Gasteiger partial charge is 0.360 e. The normalized spacial score (nSPS) is 37.3. The molecule has 0 saturated carbocycles. The predicted octanol–water partition coefficient (Wildman–Crippen LogP) is 2.13. The summed E-state index contributed by atoms with van der Waals surface area (Å²) < 4.78 is 30.0. The standard InChI is InChI=1S/C13H25NO3S.ClH/c1-12(2)9-14-13(3,17-10-12)8-11-6-4-5-7-18(11,15)16;/h11,14H,4-10H2,1-3H3;1H. The number of hydrogen-bond acceptors (Lipinski definition) is 4. The Morgan fingerprint density at radius 3 is 2.47 bits per heavy atom. The van der Waals surface area contributed by atoms with Crippen molar-refractivity contribution in [3.8, 4) is 0 Å². The van der Waals surface area contributed by atoms with Crippen LogP contribution in [0.3, 0.4) is 0 Å². The van der Waals surface area contributed by atoms with Crippen LogP contribution in [0.15, 0.2) is 0 Å². The van der Waals surface area contributed by atoms with E-state index in [2.05, 4.69) is 19.2 Å². The molecule has 114 valence electrons. The molecular weight excluding hydrogens is 286 g/mol. The Labute approximate surface area is 123 Å². The van der Waals surface area contributed by atoms with Gasteiger partial charge in [0.05, 0.1) is 17.6 Å². The zero-order chi connectivity index (χ0) is 13.4. The summed E-state index contributed by atoms with van der Waals surface area (Å²) in [4.78, 5) is 0. The predicted molar refractivity (Wildman–Crippen MR) is 79.4 cm³/mol. The van der Waals surface area contributed by atoms with Crippen molar-refractivity contribution in [1.82, 2.24) is 5.32 Å². The summed E-state index contributed by atoms with van der Waals surface area (Å²) >= 11 is 0. The minimum absolute atomic E-state index is 0. The highest BCUT2D eigenvalue weighted by molar-refractivity contribution is 7.92. The molecule has 2 atom stereocenters. The van der Waals surface area contributed by atoms with Crippen LogP contribution in [0.4, 0.5) is 0 Å². The van der Waals surface area contributed by atoms with Crippen molar-refractivity contribution < 1.29 is 13.2 Å². The molecule has 2 heterocycles. The Morgan fingerprint density at radius 1 is 1.26 bits per heavy atom. The van der Waals surface area contributed by atoms with Crippen LogP contribution in [0.2, 0.25) is 0 Å². The van der Waals surface area contributed by atoms with Gasteiger partial charge >= 0.3 is 0 Å². The van der Waals surface area contributed by atoms with Gasteiger partial charge in [0.15, 0.2) is 9.84 Å². The molecule has 2 rings (SSSR count). The highest BCUT2D eigenvalue weighted by Crippen LogP contribution is 2.32. The maximum atomic E-state index is 12.0. The fraction of sp³-hybridized carbons (Fsp3) is 1.00. The summed E-state index contributed by atoms with van der Waals surface area (Å²) in [6, 6.07) is 0. The van der Waals surface area contributed by atoms with E-state index in [1.807, 2.05) is 6.92 Å². The van der Waals surface area contributed by atoms with E-state index in [1.54, 1.807) is 0 Å². The Kier molecular flexibility index (Phi) is 5.33. The van der Waals surface area contributed by atoms with Crippen molar-refractivity contribution in [3.63, 3.8) is 0 Å². The number of sulfone groups is 1. The van der Waals surface area contributed by atoms with Crippen LogP contribution in [0, 0.1) is 5.41 Å². The molecule has 2 aliphatic rings. The van der Waals surface area contributed by atoms with E-state index in [0.29, 0.717) is 18.8 Å². The number of nitrogens with one attached hydrogen (secondary N) is 1. The zero-order valence-corrected chi connectivity index (χ0v) is 13.7. The minimum Gasteiger partial charge on any atom is -0.360 e. The van der Waals surface area contributed by atoms with Gasteiger partial charge in [-0.1, -0.05) is 20.3 Å². The van der Waals surface area contributed by atoms with Gasteiger partial charge in [-0.3, -0.25) is 5.32 Å². The molecule has 0 radical (unpaired) electrons. The molecule has 6 heteroatoms. The molecule has 2 fully saturated rings. The van der Waals surface area contributed by atoms with Crippen molar-refractivity contribution in [2.75, 3.05) is 18.9 Å². The second kappa shape index (κ2) is 5.88. The third-order valence-corrected chi connectivity index (χ3v) is 6.33. The monoisotopic (exact) mass is 311 g/mol. The van der Waals surface area contributed by atoms with Gasteiger partial charge in [-0.2, -0.15) is 0 Å². The van der Waals surface area contributed by atoms with Gasteiger partial charge in [0, 0.05) is 18.4 Å². The van der Waals surface area contributed by atoms with Gasteiger partial charge in [0.2, 0.25) is 0 Å². The smallest absolute Gasteiger partial charge is 0.153 e. The third-order valence-electron chi connectivity index (χ3n) is 4.05. The fourth-order valence-corrected chi connectivity index (χ4v) is 4.74. The molecular formula is C13H26ClNO3S. The summed E-state index contributed by atoms with van der Waals surface area (Å²) in [5, 5.41) is 3.15. The van der Waals surface area contributed by atoms with E-state index >= 15 is 0 Å². The van der Waals surface area contributed by atoms with Crippen LogP contribution in [-0.2, 0) is 14.6 Å². The molecule has 0 amide bonds. The van der Waals surface area contributed by atoms with Gasteiger partial charge < -0.3 is 4.74 Å². The fourth-order valence-electron chi connectivity index (χ4n) is 2.70. The molecule has 0 aliphatic carbocycles. The maximum absolute atomic E-state index is 12.0. The van der Waals surface area contributed by atoms with Gasteiger partial charge in [-0.15, -0.1) is 12.4 Å². The van der Waals surface area contributed by atoms with E-state index in [0.717, 1.165) is 25.8 Å². The highest BCUT2D eigenvalue weighted by Gasteiger charge is 2.40. The molecule has 2 unspecified atom stereocenters. The maximum Gasteiger partial charge on any atom is 0.153 e. The second-order valence-corrected chi connectivity index (χ2v) is 9.13. The molecule has 0 spiro atoms. The van der Waals surface area contributed by atoms with Crippen LogP contribution >= 0.6 is 12.4 Å². The topological polar surface area (TPSA) is 55.4 Å². The Morgan fingerprint density at radius 2 is 1.95 bits per heavy atom. The first-order valence-corrected chi connectivity index (χ1v) is 8.55. The van der Waals surface area contributed by atoms with E-state index in [9.17, 15) is 8.42 Å². The van der Waals surface area contributed by atoms with Gasteiger partial charge in [-0.05, 0) is 19.8 Å². The number of halogens is 1. The lowest BCUT2D eigenvalue weighted by molar-refractivity contribution is -0.130. The first-order valence-electron chi connectivity index (χ1n) is 6.83. The Hall–Kier alpha value is 0.160. The summed E-state index contributed by atoms with van der Waals surface area (Å²) in [6.45, 7) is 7.83. The number of rotatable bonds is 2. The van der Waals surface area contributed by atoms with Crippen molar-refractivity contribution in [2.45, 2.75) is 57.4 Å². The summed E-state index contributed by atoms with van der Waals surface area (Å²) in [5.74, 6) is 0.346. The average Bonchev–Trinajstić information content (AvgIpc) is 2.27. The van der Waals surface area contributed by atoms with E-state index in [4.69, 9.17) is 4.74 Å². The van der Waals surface area contributed by atoms with Crippen molar-refractivity contribution >= 4 is 22.2 Å². The number of hydrogen-bond donors (Lipinski definition) is 1. The minimum atomic E-state index is -2.91. The van der Waals surface area contributed by atoms with Crippen LogP contribution in [0.1, 0.15) is 46.5 Å². The molecule has 0 bridgehead atoms. The average molecular weight is 312 g/mol. The second-order valence-electron chi connectivity index (χ2n) is 6.73. The first kappa shape index (κ1) is 17.2. The first-order chi connectivity index (χ1) is 8.23. The van der Waals surface area contributed by atoms with Gasteiger partial charge in [-0.25, -0.2) is 8.42 Å². The van der Waals surface area contributed by atoms with Gasteiger partial charge in [0.25, 0.3) is 0 Å². The summed E-state index contributed by atoms with van der Waals surface area (Å²) in [7, 11) is -2.91. The lowest BCUT2D eigenvalue weighted by atomic mass is 9.91. The molecule has 0 aromatic heterocycles.